The van der Waals surface area contributed by atoms with Crippen LogP contribution < -0.4 is 5.73 Å². The van der Waals surface area contributed by atoms with Crippen molar-refractivity contribution < 1.29 is 4.79 Å². The summed E-state index contributed by atoms with van der Waals surface area (Å²) in [6, 6.07) is 0.360. The number of nitrogens with zero attached hydrogens (tertiary/aromatic N) is 1. The Balaban J connectivity index is 2.79. The first-order valence-corrected chi connectivity index (χ1v) is 5.63. The van der Waals surface area contributed by atoms with Crippen LogP contribution in [0, 0.1) is 5.92 Å². The summed E-state index contributed by atoms with van der Waals surface area (Å²) in [6.45, 7) is 5.66. The molecule has 0 spiro atoms. The van der Waals surface area contributed by atoms with Crippen LogP contribution in [0.3, 0.4) is 0 Å². The van der Waals surface area contributed by atoms with Crippen LogP contribution in [0.25, 0.3) is 0 Å². The Labute approximate surface area is 90.6 Å². The largest absolute Gasteiger partial charge is 0.336 e. The minimum Gasteiger partial charge on any atom is -0.336 e. The van der Waals surface area contributed by atoms with Crippen LogP contribution in [0.2, 0.25) is 0 Å². The van der Waals surface area contributed by atoms with Gasteiger partial charge in [0.2, 0.25) is 5.91 Å². The lowest BCUT2D eigenvalue weighted by molar-refractivity contribution is -0.136. The van der Waals surface area contributed by atoms with E-state index in [9.17, 15) is 4.79 Å². The van der Waals surface area contributed by atoms with Crippen LogP contribution in [-0.2, 0) is 4.79 Å². The van der Waals surface area contributed by atoms with E-state index in [1.54, 1.807) is 6.92 Å². The Morgan fingerprint density at radius 1 is 1.57 bits per heavy atom. The average molecular weight is 219 g/mol. The number of hydrogen-bond donors (Lipinski definition) is 1. The van der Waals surface area contributed by atoms with Crippen LogP contribution in [0.4, 0.5) is 0 Å². The molecule has 0 radical (unpaired) electrons. The summed E-state index contributed by atoms with van der Waals surface area (Å²) in [5.74, 6) is 1.02. The standard InChI is InChI=1S/C10H19ClN2O/c1-6-4-9(5-11)10(12)7(2)13(6)8(3)14/h6-7,9-10H,4-5,12H2,1-3H3. The second-order valence-electron chi connectivity index (χ2n) is 4.24. The highest BCUT2D eigenvalue weighted by Crippen LogP contribution is 2.27. The molecular formula is C10H19ClN2O. The summed E-state index contributed by atoms with van der Waals surface area (Å²) in [5.41, 5.74) is 6.05. The smallest absolute Gasteiger partial charge is 0.219 e. The number of halogens is 1. The Bertz CT molecular complexity index is 222. The Hall–Kier alpha value is -0.280. The quantitative estimate of drug-likeness (QED) is 0.673. The highest BCUT2D eigenvalue weighted by molar-refractivity contribution is 6.18. The zero-order valence-corrected chi connectivity index (χ0v) is 9.79. The van der Waals surface area contributed by atoms with Gasteiger partial charge in [-0.05, 0) is 26.2 Å². The van der Waals surface area contributed by atoms with Gasteiger partial charge in [0.15, 0.2) is 0 Å². The SMILES string of the molecule is CC(=O)N1C(C)CC(CCl)C(N)C1C. The molecule has 1 rings (SSSR count). The summed E-state index contributed by atoms with van der Waals surface area (Å²) in [4.78, 5) is 13.3. The van der Waals surface area contributed by atoms with Gasteiger partial charge in [0.1, 0.15) is 0 Å². The number of carbonyl (C=O) groups excluding carboxylic acids is 1. The van der Waals surface area contributed by atoms with E-state index in [-0.39, 0.29) is 24.0 Å². The third kappa shape index (κ3) is 2.04. The monoisotopic (exact) mass is 218 g/mol. The van der Waals surface area contributed by atoms with E-state index >= 15 is 0 Å². The molecule has 2 N–H and O–H groups in total. The van der Waals surface area contributed by atoms with Crippen LogP contribution in [0.15, 0.2) is 0 Å². The van der Waals surface area contributed by atoms with Crippen LogP contribution in [0.5, 0.6) is 0 Å². The molecule has 0 aromatic carbocycles. The van der Waals surface area contributed by atoms with Crippen molar-refractivity contribution >= 4 is 17.5 Å². The summed E-state index contributed by atoms with van der Waals surface area (Å²) >= 11 is 5.85. The molecule has 4 unspecified atom stereocenters. The molecule has 1 aliphatic rings. The molecule has 3 nitrogen and oxygen atoms in total. The first kappa shape index (κ1) is 11.8. The number of nitrogens with two attached hydrogens (primary N) is 1. The van der Waals surface area contributed by atoms with Crippen molar-refractivity contribution in [3.8, 4) is 0 Å². The minimum absolute atomic E-state index is 0.00704. The molecule has 1 amide bonds. The molecule has 0 aliphatic carbocycles. The molecule has 82 valence electrons. The van der Waals surface area contributed by atoms with Crippen molar-refractivity contribution in [3.05, 3.63) is 0 Å². The van der Waals surface area contributed by atoms with E-state index in [1.165, 1.54) is 0 Å². The van der Waals surface area contributed by atoms with E-state index < -0.39 is 0 Å². The van der Waals surface area contributed by atoms with Crippen LogP contribution in [-0.4, -0.2) is 34.8 Å². The topological polar surface area (TPSA) is 46.3 Å². The first-order valence-electron chi connectivity index (χ1n) is 5.09. The minimum atomic E-state index is 0.00704. The summed E-state index contributed by atoms with van der Waals surface area (Å²) in [6.07, 6.45) is 0.911. The second kappa shape index (κ2) is 4.49. The van der Waals surface area contributed by atoms with Gasteiger partial charge in [-0.15, -0.1) is 11.6 Å². The van der Waals surface area contributed by atoms with Gasteiger partial charge >= 0.3 is 0 Å². The van der Waals surface area contributed by atoms with Gasteiger partial charge in [0.05, 0.1) is 0 Å². The zero-order chi connectivity index (χ0) is 10.9. The molecule has 0 bridgehead atoms. The third-order valence-corrected chi connectivity index (χ3v) is 3.62. The number of piperidine rings is 1. The second-order valence-corrected chi connectivity index (χ2v) is 4.55. The van der Waals surface area contributed by atoms with Gasteiger partial charge in [0, 0.05) is 30.9 Å². The fourth-order valence-corrected chi connectivity index (χ4v) is 2.78. The summed E-state index contributed by atoms with van der Waals surface area (Å²) < 4.78 is 0. The zero-order valence-electron chi connectivity index (χ0n) is 9.03. The van der Waals surface area contributed by atoms with E-state index in [0.29, 0.717) is 11.8 Å². The molecule has 4 atom stereocenters. The van der Waals surface area contributed by atoms with Crippen LogP contribution in [0.1, 0.15) is 27.2 Å². The molecule has 1 aliphatic heterocycles. The number of carbonyl (C=O) groups is 1. The number of rotatable bonds is 1. The molecular weight excluding hydrogens is 200 g/mol. The first-order chi connectivity index (χ1) is 6.49. The van der Waals surface area contributed by atoms with E-state index in [1.807, 2.05) is 11.8 Å². The van der Waals surface area contributed by atoms with Crippen LogP contribution >= 0.6 is 11.6 Å². The molecule has 1 fully saturated rings. The molecule has 14 heavy (non-hydrogen) atoms. The van der Waals surface area contributed by atoms with Gasteiger partial charge in [-0.2, -0.15) is 0 Å². The van der Waals surface area contributed by atoms with Crippen molar-refractivity contribution in [2.24, 2.45) is 11.7 Å². The molecule has 0 aromatic rings. The van der Waals surface area contributed by atoms with Gasteiger partial charge in [0.25, 0.3) is 0 Å². The van der Waals surface area contributed by atoms with Gasteiger partial charge < -0.3 is 10.6 Å². The van der Waals surface area contributed by atoms with Crippen molar-refractivity contribution in [2.45, 2.75) is 45.3 Å². The fourth-order valence-electron chi connectivity index (χ4n) is 2.45. The Morgan fingerprint density at radius 3 is 2.57 bits per heavy atom. The molecule has 1 heterocycles. The average Bonchev–Trinajstić information content (AvgIpc) is 2.10. The molecule has 4 heteroatoms. The van der Waals surface area contributed by atoms with E-state index in [0.717, 1.165) is 6.42 Å². The van der Waals surface area contributed by atoms with Crippen molar-refractivity contribution in [1.82, 2.24) is 4.90 Å². The normalized spacial score (nSPS) is 38.5. The fraction of sp³-hybridized carbons (Fsp3) is 0.900. The van der Waals surface area contributed by atoms with Crippen molar-refractivity contribution in [2.75, 3.05) is 5.88 Å². The lowest BCUT2D eigenvalue weighted by Crippen LogP contribution is -2.60. The van der Waals surface area contributed by atoms with Crippen molar-refractivity contribution in [3.63, 3.8) is 0 Å². The number of alkyl halides is 1. The highest BCUT2D eigenvalue weighted by Gasteiger charge is 2.37. The van der Waals surface area contributed by atoms with E-state index in [4.69, 9.17) is 17.3 Å². The number of hydrogen-bond acceptors (Lipinski definition) is 2. The maximum absolute atomic E-state index is 11.4. The molecule has 0 saturated carbocycles. The lowest BCUT2D eigenvalue weighted by Gasteiger charge is -2.45. The maximum atomic E-state index is 11.4. The van der Waals surface area contributed by atoms with Gasteiger partial charge in [-0.3, -0.25) is 4.79 Å². The Morgan fingerprint density at radius 2 is 2.14 bits per heavy atom. The molecule has 1 saturated heterocycles. The number of amides is 1. The highest BCUT2D eigenvalue weighted by atomic mass is 35.5. The lowest BCUT2D eigenvalue weighted by atomic mass is 9.84. The summed E-state index contributed by atoms with van der Waals surface area (Å²) in [7, 11) is 0. The number of likely N-dealkylation sites (tertiary alicyclic amines) is 1. The predicted octanol–water partition coefficient (Wildman–Crippen LogP) is 1.20. The maximum Gasteiger partial charge on any atom is 0.219 e. The summed E-state index contributed by atoms with van der Waals surface area (Å²) in [5, 5.41) is 0. The predicted molar refractivity (Wildman–Crippen MR) is 58.2 cm³/mol. The van der Waals surface area contributed by atoms with Gasteiger partial charge in [-0.1, -0.05) is 0 Å². The third-order valence-electron chi connectivity index (χ3n) is 3.22. The van der Waals surface area contributed by atoms with E-state index in [2.05, 4.69) is 6.92 Å². The molecule has 0 aromatic heterocycles. The van der Waals surface area contributed by atoms with Gasteiger partial charge in [-0.25, -0.2) is 0 Å². The Kier molecular flexibility index (Phi) is 3.78. The van der Waals surface area contributed by atoms with Crippen molar-refractivity contribution in [1.29, 1.82) is 0 Å².